The van der Waals surface area contributed by atoms with Gasteiger partial charge in [0.1, 0.15) is 0 Å². The van der Waals surface area contributed by atoms with E-state index in [2.05, 4.69) is 22.1 Å². The van der Waals surface area contributed by atoms with Gasteiger partial charge in [0.25, 0.3) is 5.91 Å². The summed E-state index contributed by atoms with van der Waals surface area (Å²) in [5.74, 6) is -0.0818. The maximum absolute atomic E-state index is 12.2. The summed E-state index contributed by atoms with van der Waals surface area (Å²) in [5.41, 5.74) is 2.67. The van der Waals surface area contributed by atoms with Gasteiger partial charge in [-0.1, -0.05) is 6.92 Å². The molecule has 1 amide bonds. The van der Waals surface area contributed by atoms with Gasteiger partial charge < -0.3 is 15.3 Å². The van der Waals surface area contributed by atoms with Gasteiger partial charge in [-0.15, -0.1) is 11.3 Å². The predicted molar refractivity (Wildman–Crippen MR) is 96.6 cm³/mol. The first-order valence-electron chi connectivity index (χ1n) is 8.40. The first kappa shape index (κ1) is 16.9. The molecule has 24 heavy (non-hydrogen) atoms. The first-order valence-corrected chi connectivity index (χ1v) is 9.28. The lowest BCUT2D eigenvalue weighted by molar-refractivity contribution is 0.0950. The van der Waals surface area contributed by atoms with Crippen LogP contribution in [0.25, 0.3) is 0 Å². The smallest absolute Gasteiger partial charge is 0.251 e. The van der Waals surface area contributed by atoms with Crippen LogP contribution in [0.5, 0.6) is 0 Å². The van der Waals surface area contributed by atoms with E-state index in [0.29, 0.717) is 12.1 Å². The predicted octanol–water partition coefficient (Wildman–Crippen LogP) is 2.60. The number of carbonyl (C=O) groups excluding carboxylic acids is 1. The Kier molecular flexibility index (Phi) is 5.48. The number of anilines is 1. The molecule has 1 saturated heterocycles. The zero-order chi connectivity index (χ0) is 16.9. The molecule has 0 spiro atoms. The molecule has 2 heterocycles. The van der Waals surface area contributed by atoms with Crippen LogP contribution in [0.15, 0.2) is 29.6 Å². The molecule has 0 atom stereocenters. The van der Waals surface area contributed by atoms with E-state index in [1.807, 2.05) is 29.6 Å². The van der Waals surface area contributed by atoms with Crippen molar-refractivity contribution < 1.29 is 9.90 Å². The van der Waals surface area contributed by atoms with Crippen molar-refractivity contribution in [3.63, 3.8) is 0 Å². The van der Waals surface area contributed by atoms with Gasteiger partial charge in [-0.3, -0.25) is 4.79 Å². The highest BCUT2D eigenvalue weighted by Crippen LogP contribution is 2.20. The van der Waals surface area contributed by atoms with E-state index in [-0.39, 0.29) is 12.0 Å². The highest BCUT2D eigenvalue weighted by atomic mass is 32.1. The maximum Gasteiger partial charge on any atom is 0.251 e. The largest absolute Gasteiger partial charge is 0.393 e. The number of piperidine rings is 1. The molecular formula is C18H23N3O2S. The van der Waals surface area contributed by atoms with E-state index in [4.69, 9.17) is 0 Å². The van der Waals surface area contributed by atoms with Gasteiger partial charge in [0.05, 0.1) is 23.4 Å². The molecule has 0 aliphatic carbocycles. The van der Waals surface area contributed by atoms with Crippen LogP contribution in [0.4, 0.5) is 5.69 Å². The zero-order valence-electron chi connectivity index (χ0n) is 13.9. The third-order valence-corrected chi connectivity index (χ3v) is 5.33. The number of hydrogen-bond donors (Lipinski definition) is 2. The summed E-state index contributed by atoms with van der Waals surface area (Å²) in [4.78, 5) is 18.9. The number of benzene rings is 1. The monoisotopic (exact) mass is 345 g/mol. The summed E-state index contributed by atoms with van der Waals surface area (Å²) in [6, 6.07) is 7.66. The van der Waals surface area contributed by atoms with Gasteiger partial charge >= 0.3 is 0 Å². The fourth-order valence-corrected chi connectivity index (χ4v) is 3.56. The van der Waals surface area contributed by atoms with Crippen molar-refractivity contribution in [3.8, 4) is 0 Å². The second-order valence-electron chi connectivity index (χ2n) is 6.03. The normalized spacial score (nSPS) is 15.5. The molecule has 1 aromatic heterocycles. The summed E-state index contributed by atoms with van der Waals surface area (Å²) in [5, 5.41) is 15.6. The Morgan fingerprint density at radius 2 is 2.04 bits per heavy atom. The molecule has 2 N–H and O–H groups in total. The van der Waals surface area contributed by atoms with Crippen molar-refractivity contribution in [2.75, 3.05) is 18.0 Å². The van der Waals surface area contributed by atoms with Gasteiger partial charge in [0.15, 0.2) is 0 Å². The van der Waals surface area contributed by atoms with E-state index < -0.39 is 0 Å². The molecule has 0 saturated carbocycles. The van der Waals surface area contributed by atoms with Crippen LogP contribution >= 0.6 is 11.3 Å². The summed E-state index contributed by atoms with van der Waals surface area (Å²) < 4.78 is 0. The van der Waals surface area contributed by atoms with Gasteiger partial charge in [0.2, 0.25) is 0 Å². The Labute approximate surface area is 146 Å². The summed E-state index contributed by atoms with van der Waals surface area (Å²) in [6.45, 7) is 4.25. The average molecular weight is 345 g/mol. The second-order valence-corrected chi connectivity index (χ2v) is 6.98. The Morgan fingerprint density at radius 3 is 2.67 bits per heavy atom. The molecule has 6 heteroatoms. The number of nitrogens with zero attached hydrogens (tertiary/aromatic N) is 2. The van der Waals surface area contributed by atoms with Crippen LogP contribution < -0.4 is 10.2 Å². The highest BCUT2D eigenvalue weighted by Gasteiger charge is 2.17. The molecule has 0 radical (unpaired) electrons. The minimum atomic E-state index is -0.176. The molecule has 2 aromatic rings. The Hall–Kier alpha value is -1.92. The van der Waals surface area contributed by atoms with Crippen LogP contribution in [0.1, 0.15) is 40.8 Å². The lowest BCUT2D eigenvalue weighted by Crippen LogP contribution is -2.35. The number of aliphatic hydroxyl groups is 1. The SMILES string of the molecule is CCc1nc(CNC(=O)c2ccc(N3CCC(O)CC3)cc2)cs1. The number of carbonyl (C=O) groups is 1. The van der Waals surface area contributed by atoms with Gasteiger partial charge in [0, 0.05) is 29.7 Å². The van der Waals surface area contributed by atoms with E-state index in [1.54, 1.807) is 11.3 Å². The Bertz CT molecular complexity index is 676. The van der Waals surface area contributed by atoms with Crippen molar-refractivity contribution in [3.05, 3.63) is 45.9 Å². The third-order valence-electron chi connectivity index (χ3n) is 4.29. The lowest BCUT2D eigenvalue weighted by atomic mass is 10.1. The zero-order valence-corrected chi connectivity index (χ0v) is 14.7. The number of thiazole rings is 1. The minimum Gasteiger partial charge on any atom is -0.393 e. The fraction of sp³-hybridized carbons (Fsp3) is 0.444. The van der Waals surface area contributed by atoms with Crippen molar-refractivity contribution in [1.82, 2.24) is 10.3 Å². The number of amides is 1. The molecule has 1 aromatic carbocycles. The van der Waals surface area contributed by atoms with Gasteiger partial charge in [-0.2, -0.15) is 0 Å². The second kappa shape index (κ2) is 7.77. The lowest BCUT2D eigenvalue weighted by Gasteiger charge is -2.31. The van der Waals surface area contributed by atoms with E-state index in [9.17, 15) is 9.90 Å². The quantitative estimate of drug-likeness (QED) is 0.874. The molecule has 1 aliphatic rings. The molecule has 1 aliphatic heterocycles. The van der Waals surface area contributed by atoms with E-state index >= 15 is 0 Å². The molecule has 1 fully saturated rings. The Balaban J connectivity index is 1.55. The number of rotatable bonds is 5. The highest BCUT2D eigenvalue weighted by molar-refractivity contribution is 7.09. The fourth-order valence-electron chi connectivity index (χ4n) is 2.81. The molecule has 0 bridgehead atoms. The average Bonchev–Trinajstić information content (AvgIpc) is 3.09. The molecular weight excluding hydrogens is 322 g/mol. The van der Waals surface area contributed by atoms with Crippen molar-refractivity contribution in [1.29, 1.82) is 0 Å². The molecule has 3 rings (SSSR count). The number of aryl methyl sites for hydroxylation is 1. The topological polar surface area (TPSA) is 65.5 Å². The van der Waals surface area contributed by atoms with E-state index in [1.165, 1.54) is 0 Å². The van der Waals surface area contributed by atoms with Crippen LogP contribution in [-0.4, -0.2) is 35.2 Å². The van der Waals surface area contributed by atoms with Crippen LogP contribution in [0.2, 0.25) is 0 Å². The van der Waals surface area contributed by atoms with Crippen molar-refractivity contribution in [2.45, 2.75) is 38.8 Å². The molecule has 5 nitrogen and oxygen atoms in total. The van der Waals surface area contributed by atoms with Crippen LogP contribution in [0, 0.1) is 0 Å². The maximum atomic E-state index is 12.2. The van der Waals surface area contributed by atoms with E-state index in [0.717, 1.165) is 48.7 Å². The van der Waals surface area contributed by atoms with Crippen molar-refractivity contribution in [2.24, 2.45) is 0 Å². The number of hydrogen-bond acceptors (Lipinski definition) is 5. The Morgan fingerprint density at radius 1 is 1.33 bits per heavy atom. The summed E-state index contributed by atoms with van der Waals surface area (Å²) >= 11 is 1.63. The minimum absolute atomic E-state index is 0.0818. The third kappa shape index (κ3) is 4.13. The number of aromatic nitrogens is 1. The summed E-state index contributed by atoms with van der Waals surface area (Å²) in [7, 11) is 0. The number of nitrogens with one attached hydrogen (secondary N) is 1. The van der Waals surface area contributed by atoms with Crippen molar-refractivity contribution >= 4 is 22.9 Å². The first-order chi connectivity index (χ1) is 11.7. The van der Waals surface area contributed by atoms with Gasteiger partial charge in [-0.25, -0.2) is 4.98 Å². The summed E-state index contributed by atoms with van der Waals surface area (Å²) in [6.07, 6.45) is 2.35. The van der Waals surface area contributed by atoms with Crippen LogP contribution in [-0.2, 0) is 13.0 Å². The number of aliphatic hydroxyl groups excluding tert-OH is 1. The molecule has 128 valence electrons. The van der Waals surface area contributed by atoms with Crippen LogP contribution in [0.3, 0.4) is 0 Å². The molecule has 0 unspecified atom stereocenters. The van der Waals surface area contributed by atoms with Gasteiger partial charge in [-0.05, 0) is 43.5 Å². The standard InChI is InChI=1S/C18H23N3O2S/c1-2-17-20-14(12-24-17)11-19-18(23)13-3-5-15(6-4-13)21-9-7-16(22)8-10-21/h3-6,12,16,22H,2,7-11H2,1H3,(H,19,23).